The molecule has 0 aliphatic carbocycles. The Morgan fingerprint density at radius 2 is 1.33 bits per heavy atom. The summed E-state index contributed by atoms with van der Waals surface area (Å²) in [7, 11) is 0. The van der Waals surface area contributed by atoms with Crippen molar-refractivity contribution in [2.45, 2.75) is 18.6 Å². The number of hydrogen-bond donors (Lipinski definition) is 3. The standard InChI is InChI=1S/C24H22N2O4/c25-23(29)20(26-24(30)22(28)18-9-5-2-6-10-18)15-16-11-13-19(14-12-16)21(27)17-7-3-1-4-8-17/h1-14,20,22,28H,15H2,(H2,25,29)(H,26,30)/t20-,22-/m0/s1. The van der Waals surface area contributed by atoms with Crippen molar-refractivity contribution in [2.24, 2.45) is 5.73 Å². The van der Waals surface area contributed by atoms with Crippen LogP contribution in [0.25, 0.3) is 0 Å². The molecule has 6 nitrogen and oxygen atoms in total. The lowest BCUT2D eigenvalue weighted by molar-refractivity contribution is -0.133. The second-order valence-corrected chi connectivity index (χ2v) is 6.87. The molecule has 0 heterocycles. The molecule has 2 atom stereocenters. The van der Waals surface area contributed by atoms with Crippen LogP contribution in [0.15, 0.2) is 84.9 Å². The van der Waals surface area contributed by atoms with Gasteiger partial charge >= 0.3 is 0 Å². The summed E-state index contributed by atoms with van der Waals surface area (Å²) in [6.07, 6.45) is -1.26. The molecule has 3 rings (SSSR count). The van der Waals surface area contributed by atoms with Gasteiger partial charge in [0.25, 0.3) is 5.91 Å². The van der Waals surface area contributed by atoms with Crippen molar-refractivity contribution in [3.8, 4) is 0 Å². The van der Waals surface area contributed by atoms with E-state index in [0.717, 1.165) is 5.56 Å². The Balaban J connectivity index is 1.67. The van der Waals surface area contributed by atoms with E-state index in [2.05, 4.69) is 5.32 Å². The van der Waals surface area contributed by atoms with Crippen LogP contribution < -0.4 is 11.1 Å². The molecule has 0 saturated carbocycles. The van der Waals surface area contributed by atoms with E-state index < -0.39 is 24.0 Å². The molecule has 0 aliphatic rings. The molecule has 2 amide bonds. The lowest BCUT2D eigenvalue weighted by Gasteiger charge is -2.18. The van der Waals surface area contributed by atoms with Gasteiger partial charge in [0, 0.05) is 17.5 Å². The third kappa shape index (κ3) is 5.18. The van der Waals surface area contributed by atoms with Gasteiger partial charge in [-0.2, -0.15) is 0 Å². The molecule has 0 unspecified atom stereocenters. The number of primary amides is 1. The summed E-state index contributed by atoms with van der Waals surface area (Å²) >= 11 is 0. The fourth-order valence-electron chi connectivity index (χ4n) is 3.04. The van der Waals surface area contributed by atoms with Gasteiger partial charge in [-0.15, -0.1) is 0 Å². The van der Waals surface area contributed by atoms with Crippen molar-refractivity contribution < 1.29 is 19.5 Å². The number of benzene rings is 3. The van der Waals surface area contributed by atoms with Crippen LogP contribution in [0, 0.1) is 0 Å². The Hall–Kier alpha value is -3.77. The number of rotatable bonds is 8. The lowest BCUT2D eigenvalue weighted by Crippen LogP contribution is -2.47. The Morgan fingerprint density at radius 3 is 1.90 bits per heavy atom. The number of amides is 2. The van der Waals surface area contributed by atoms with Gasteiger partial charge in [-0.3, -0.25) is 14.4 Å². The van der Waals surface area contributed by atoms with E-state index in [1.54, 1.807) is 78.9 Å². The van der Waals surface area contributed by atoms with Gasteiger partial charge in [-0.05, 0) is 11.1 Å². The van der Waals surface area contributed by atoms with E-state index in [0.29, 0.717) is 16.7 Å². The molecule has 0 bridgehead atoms. The second kappa shape index (κ2) is 9.62. The van der Waals surface area contributed by atoms with E-state index in [9.17, 15) is 19.5 Å². The van der Waals surface area contributed by atoms with Gasteiger partial charge < -0.3 is 16.2 Å². The maximum atomic E-state index is 12.5. The summed E-state index contributed by atoms with van der Waals surface area (Å²) in [6.45, 7) is 0. The van der Waals surface area contributed by atoms with Gasteiger partial charge in [-0.25, -0.2) is 0 Å². The number of nitrogens with one attached hydrogen (secondary N) is 1. The Morgan fingerprint density at radius 1 is 0.800 bits per heavy atom. The predicted octanol–water partition coefficient (Wildman–Crippen LogP) is 2.16. The lowest BCUT2D eigenvalue weighted by atomic mass is 9.99. The van der Waals surface area contributed by atoms with Gasteiger partial charge in [0.05, 0.1) is 0 Å². The highest BCUT2D eigenvalue weighted by Gasteiger charge is 2.24. The Bertz CT molecular complexity index is 1020. The third-order valence-electron chi connectivity index (χ3n) is 4.72. The van der Waals surface area contributed by atoms with E-state index >= 15 is 0 Å². The number of aliphatic hydroxyl groups is 1. The molecule has 0 radical (unpaired) electrons. The summed E-state index contributed by atoms with van der Waals surface area (Å²) < 4.78 is 0. The molecule has 0 spiro atoms. The van der Waals surface area contributed by atoms with E-state index in [1.807, 2.05) is 6.07 Å². The summed E-state index contributed by atoms with van der Waals surface area (Å²) in [5.74, 6) is -1.53. The molecule has 152 valence electrons. The molecule has 3 aromatic carbocycles. The van der Waals surface area contributed by atoms with Crippen LogP contribution in [0.1, 0.15) is 33.2 Å². The zero-order chi connectivity index (χ0) is 21.5. The van der Waals surface area contributed by atoms with Crippen molar-refractivity contribution in [3.05, 3.63) is 107 Å². The summed E-state index contributed by atoms with van der Waals surface area (Å²) in [4.78, 5) is 36.6. The fraction of sp³-hybridized carbons (Fsp3) is 0.125. The first-order chi connectivity index (χ1) is 14.5. The molecule has 6 heteroatoms. The fourth-order valence-corrected chi connectivity index (χ4v) is 3.04. The molecule has 0 fully saturated rings. The molecule has 0 saturated heterocycles. The van der Waals surface area contributed by atoms with Gasteiger partial charge in [-0.1, -0.05) is 84.9 Å². The number of aliphatic hydroxyl groups excluding tert-OH is 1. The average molecular weight is 402 g/mol. The SMILES string of the molecule is NC(=O)[C@H](Cc1ccc(C(=O)c2ccccc2)cc1)NC(=O)[C@@H](O)c1ccccc1. The quantitative estimate of drug-likeness (QED) is 0.502. The Kier molecular flexibility index (Phi) is 6.72. The molecular weight excluding hydrogens is 380 g/mol. The largest absolute Gasteiger partial charge is 0.378 e. The zero-order valence-electron chi connectivity index (χ0n) is 16.2. The zero-order valence-corrected chi connectivity index (χ0v) is 16.2. The highest BCUT2D eigenvalue weighted by molar-refractivity contribution is 6.08. The van der Waals surface area contributed by atoms with E-state index in [1.165, 1.54) is 0 Å². The minimum absolute atomic E-state index is 0.104. The van der Waals surface area contributed by atoms with E-state index in [4.69, 9.17) is 5.73 Å². The molecule has 30 heavy (non-hydrogen) atoms. The topological polar surface area (TPSA) is 109 Å². The van der Waals surface area contributed by atoms with Gasteiger partial charge in [0.1, 0.15) is 6.04 Å². The van der Waals surface area contributed by atoms with Crippen molar-refractivity contribution in [3.63, 3.8) is 0 Å². The smallest absolute Gasteiger partial charge is 0.254 e. The number of hydrogen-bond acceptors (Lipinski definition) is 4. The third-order valence-corrected chi connectivity index (χ3v) is 4.72. The molecule has 0 aromatic heterocycles. The van der Waals surface area contributed by atoms with Crippen LogP contribution in [-0.2, 0) is 16.0 Å². The maximum Gasteiger partial charge on any atom is 0.254 e. The van der Waals surface area contributed by atoms with Gasteiger partial charge in [0.2, 0.25) is 5.91 Å². The highest BCUT2D eigenvalue weighted by Crippen LogP contribution is 2.14. The molecular formula is C24H22N2O4. The first-order valence-electron chi connectivity index (χ1n) is 9.47. The highest BCUT2D eigenvalue weighted by atomic mass is 16.3. The number of ketones is 1. The molecule has 0 aliphatic heterocycles. The van der Waals surface area contributed by atoms with Crippen LogP contribution in [-0.4, -0.2) is 28.7 Å². The van der Waals surface area contributed by atoms with Crippen LogP contribution >= 0.6 is 0 Å². The average Bonchev–Trinajstić information content (AvgIpc) is 2.79. The van der Waals surface area contributed by atoms with Crippen molar-refractivity contribution in [2.75, 3.05) is 0 Å². The van der Waals surface area contributed by atoms with Gasteiger partial charge in [0.15, 0.2) is 11.9 Å². The number of carbonyl (C=O) groups excluding carboxylic acids is 3. The first-order valence-corrected chi connectivity index (χ1v) is 9.47. The van der Waals surface area contributed by atoms with Crippen LogP contribution in [0.2, 0.25) is 0 Å². The normalized spacial score (nSPS) is 12.6. The van der Waals surface area contributed by atoms with Crippen molar-refractivity contribution in [1.82, 2.24) is 5.32 Å². The number of nitrogens with two attached hydrogens (primary N) is 1. The van der Waals surface area contributed by atoms with Crippen LogP contribution in [0.3, 0.4) is 0 Å². The monoisotopic (exact) mass is 402 g/mol. The summed E-state index contributed by atoms with van der Waals surface area (Å²) in [6, 6.07) is 23.1. The predicted molar refractivity (Wildman–Crippen MR) is 113 cm³/mol. The molecule has 4 N–H and O–H groups in total. The van der Waals surface area contributed by atoms with Crippen molar-refractivity contribution >= 4 is 17.6 Å². The minimum Gasteiger partial charge on any atom is -0.378 e. The molecule has 3 aromatic rings. The minimum atomic E-state index is -1.40. The summed E-state index contributed by atoms with van der Waals surface area (Å²) in [5, 5.41) is 12.7. The second-order valence-electron chi connectivity index (χ2n) is 6.87. The van der Waals surface area contributed by atoms with Crippen LogP contribution in [0.5, 0.6) is 0 Å². The van der Waals surface area contributed by atoms with Crippen LogP contribution in [0.4, 0.5) is 0 Å². The maximum absolute atomic E-state index is 12.5. The van der Waals surface area contributed by atoms with E-state index in [-0.39, 0.29) is 12.2 Å². The summed E-state index contributed by atoms with van der Waals surface area (Å²) in [5.41, 5.74) is 7.68. The number of carbonyl (C=O) groups is 3. The first kappa shape index (κ1) is 21.0. The Labute approximate surface area is 174 Å². The van der Waals surface area contributed by atoms with Crippen molar-refractivity contribution in [1.29, 1.82) is 0 Å².